The third-order valence-electron chi connectivity index (χ3n) is 4.03. The van der Waals surface area contributed by atoms with Gasteiger partial charge < -0.3 is 9.84 Å². The number of rotatable bonds is 5. The number of carbonyl (C=O) groups is 2. The Morgan fingerprint density at radius 1 is 1.08 bits per heavy atom. The highest BCUT2D eigenvalue weighted by Gasteiger charge is 2.25. The standard InChI is InChI=1S/C20H17ClN2O3/c1-12-3-5-13(6-4-12)16(24)11-17-18(20(25)22-2)19(23-26-17)14-7-9-15(21)10-8-14/h3-10H,11H2,1-2H3,(H,22,25). The maximum atomic E-state index is 12.5. The van der Waals surface area contributed by atoms with Crippen LogP contribution < -0.4 is 5.32 Å². The Morgan fingerprint density at radius 3 is 2.35 bits per heavy atom. The van der Waals surface area contributed by atoms with Crippen LogP contribution in [0, 0.1) is 6.92 Å². The van der Waals surface area contributed by atoms with Gasteiger partial charge in [-0.25, -0.2) is 0 Å². The zero-order valence-electron chi connectivity index (χ0n) is 14.4. The Hall–Kier alpha value is -2.92. The zero-order valence-corrected chi connectivity index (χ0v) is 15.1. The number of nitrogens with one attached hydrogen (secondary N) is 1. The molecule has 0 unspecified atom stereocenters. The van der Waals surface area contributed by atoms with Crippen molar-refractivity contribution in [3.05, 3.63) is 76.0 Å². The van der Waals surface area contributed by atoms with Crippen LogP contribution in [0.3, 0.4) is 0 Å². The smallest absolute Gasteiger partial charge is 0.256 e. The Kier molecular flexibility index (Phi) is 5.19. The number of Topliss-reactive ketones (excluding diaryl/α,β-unsaturated/α-hetero) is 1. The molecule has 2 aromatic carbocycles. The first-order valence-corrected chi connectivity index (χ1v) is 8.44. The van der Waals surface area contributed by atoms with Crippen LogP contribution in [0.4, 0.5) is 0 Å². The number of benzene rings is 2. The molecular weight excluding hydrogens is 352 g/mol. The normalized spacial score (nSPS) is 10.6. The van der Waals surface area contributed by atoms with Gasteiger partial charge in [-0.15, -0.1) is 0 Å². The van der Waals surface area contributed by atoms with E-state index in [1.54, 1.807) is 36.4 Å². The van der Waals surface area contributed by atoms with E-state index < -0.39 is 0 Å². The van der Waals surface area contributed by atoms with Gasteiger partial charge in [0.15, 0.2) is 11.5 Å². The second kappa shape index (κ2) is 7.54. The average Bonchev–Trinajstić information content (AvgIpc) is 3.05. The minimum atomic E-state index is -0.358. The van der Waals surface area contributed by atoms with Crippen LogP contribution in [-0.4, -0.2) is 23.9 Å². The molecule has 5 nitrogen and oxygen atoms in total. The third-order valence-corrected chi connectivity index (χ3v) is 4.28. The van der Waals surface area contributed by atoms with E-state index in [-0.39, 0.29) is 29.4 Å². The number of hydrogen-bond acceptors (Lipinski definition) is 4. The van der Waals surface area contributed by atoms with Crippen molar-refractivity contribution in [2.24, 2.45) is 0 Å². The highest BCUT2D eigenvalue weighted by atomic mass is 35.5. The van der Waals surface area contributed by atoms with E-state index in [0.29, 0.717) is 21.8 Å². The number of halogens is 1. The van der Waals surface area contributed by atoms with Gasteiger partial charge in [0.2, 0.25) is 0 Å². The number of nitrogens with zero attached hydrogens (tertiary/aromatic N) is 1. The molecule has 0 spiro atoms. The number of amides is 1. The van der Waals surface area contributed by atoms with E-state index in [9.17, 15) is 9.59 Å². The van der Waals surface area contributed by atoms with E-state index in [2.05, 4.69) is 10.5 Å². The highest BCUT2D eigenvalue weighted by Crippen LogP contribution is 2.27. The molecule has 26 heavy (non-hydrogen) atoms. The van der Waals surface area contributed by atoms with Gasteiger partial charge in [0.05, 0.1) is 6.42 Å². The van der Waals surface area contributed by atoms with Crippen LogP contribution in [0.25, 0.3) is 11.3 Å². The van der Waals surface area contributed by atoms with Gasteiger partial charge in [-0.1, -0.05) is 58.7 Å². The maximum absolute atomic E-state index is 12.5. The second-order valence-corrected chi connectivity index (χ2v) is 6.32. The monoisotopic (exact) mass is 368 g/mol. The molecule has 0 bridgehead atoms. The minimum absolute atomic E-state index is 0.0492. The van der Waals surface area contributed by atoms with E-state index in [4.69, 9.17) is 16.1 Å². The molecule has 1 heterocycles. The average molecular weight is 369 g/mol. The fourth-order valence-electron chi connectivity index (χ4n) is 2.60. The number of aryl methyl sites for hydroxylation is 1. The summed E-state index contributed by atoms with van der Waals surface area (Å²) >= 11 is 5.91. The van der Waals surface area contributed by atoms with Crippen molar-refractivity contribution in [2.75, 3.05) is 7.05 Å². The van der Waals surface area contributed by atoms with Crippen LogP contribution in [0.15, 0.2) is 53.1 Å². The van der Waals surface area contributed by atoms with E-state index in [1.807, 2.05) is 19.1 Å². The Balaban J connectivity index is 1.96. The van der Waals surface area contributed by atoms with Gasteiger partial charge in [0.25, 0.3) is 5.91 Å². The van der Waals surface area contributed by atoms with Crippen LogP contribution in [0.1, 0.15) is 32.0 Å². The molecule has 0 saturated carbocycles. The molecule has 132 valence electrons. The van der Waals surface area contributed by atoms with Crippen molar-refractivity contribution in [2.45, 2.75) is 13.3 Å². The molecule has 1 amide bonds. The quantitative estimate of drug-likeness (QED) is 0.688. The topological polar surface area (TPSA) is 72.2 Å². The molecule has 0 atom stereocenters. The Bertz CT molecular complexity index is 944. The molecule has 0 fully saturated rings. The summed E-state index contributed by atoms with van der Waals surface area (Å²) in [6.07, 6.45) is -0.0492. The molecule has 1 N–H and O–H groups in total. The molecular formula is C20H17ClN2O3. The maximum Gasteiger partial charge on any atom is 0.256 e. The van der Waals surface area contributed by atoms with Crippen LogP contribution >= 0.6 is 11.6 Å². The molecule has 3 aromatic rings. The lowest BCUT2D eigenvalue weighted by atomic mass is 10.0. The van der Waals surface area contributed by atoms with Gasteiger partial charge in [0, 0.05) is 23.2 Å². The predicted molar refractivity (Wildman–Crippen MR) is 99.6 cm³/mol. The summed E-state index contributed by atoms with van der Waals surface area (Å²) in [7, 11) is 1.52. The molecule has 1 aromatic heterocycles. The number of carbonyl (C=O) groups excluding carboxylic acids is 2. The van der Waals surface area contributed by atoms with Crippen molar-refractivity contribution in [1.82, 2.24) is 10.5 Å². The Labute approximate surface area is 156 Å². The summed E-state index contributed by atoms with van der Waals surface area (Å²) in [4.78, 5) is 24.9. The van der Waals surface area contributed by atoms with E-state index in [1.165, 1.54) is 7.05 Å². The summed E-state index contributed by atoms with van der Waals surface area (Å²) in [6, 6.07) is 14.2. The molecule has 0 aliphatic carbocycles. The van der Waals surface area contributed by atoms with Crippen molar-refractivity contribution < 1.29 is 14.1 Å². The number of aromatic nitrogens is 1. The summed E-state index contributed by atoms with van der Waals surface area (Å²) in [6.45, 7) is 1.95. The van der Waals surface area contributed by atoms with Crippen LogP contribution in [0.5, 0.6) is 0 Å². The van der Waals surface area contributed by atoms with Gasteiger partial charge in [-0.2, -0.15) is 0 Å². The summed E-state index contributed by atoms with van der Waals surface area (Å²) in [5, 5.41) is 7.17. The van der Waals surface area contributed by atoms with Crippen molar-refractivity contribution >= 4 is 23.3 Å². The molecule has 3 rings (SSSR count). The lowest BCUT2D eigenvalue weighted by Crippen LogP contribution is -2.20. The fourth-order valence-corrected chi connectivity index (χ4v) is 2.72. The first-order chi connectivity index (χ1) is 12.5. The summed E-state index contributed by atoms with van der Waals surface area (Å²) in [5.74, 6) is -0.267. The third kappa shape index (κ3) is 3.68. The first kappa shape index (κ1) is 17.9. The Morgan fingerprint density at radius 2 is 1.73 bits per heavy atom. The zero-order chi connectivity index (χ0) is 18.7. The summed E-state index contributed by atoms with van der Waals surface area (Å²) < 4.78 is 5.35. The molecule has 6 heteroatoms. The molecule has 0 saturated heterocycles. The molecule has 0 aliphatic rings. The molecule has 0 radical (unpaired) electrons. The lowest BCUT2D eigenvalue weighted by Gasteiger charge is -2.04. The van der Waals surface area contributed by atoms with Gasteiger partial charge in [0.1, 0.15) is 11.3 Å². The van der Waals surface area contributed by atoms with Gasteiger partial charge in [-0.3, -0.25) is 9.59 Å². The SMILES string of the molecule is CNC(=O)c1c(-c2ccc(Cl)cc2)noc1CC(=O)c1ccc(C)cc1. The number of ketones is 1. The highest BCUT2D eigenvalue weighted by molar-refractivity contribution is 6.30. The van der Waals surface area contributed by atoms with Gasteiger partial charge in [-0.05, 0) is 19.1 Å². The van der Waals surface area contributed by atoms with Crippen molar-refractivity contribution in [3.63, 3.8) is 0 Å². The summed E-state index contributed by atoms with van der Waals surface area (Å²) in [5.41, 5.74) is 2.95. The van der Waals surface area contributed by atoms with Crippen molar-refractivity contribution in [3.8, 4) is 11.3 Å². The first-order valence-electron chi connectivity index (χ1n) is 8.06. The van der Waals surface area contributed by atoms with Crippen LogP contribution in [-0.2, 0) is 6.42 Å². The fraction of sp³-hybridized carbons (Fsp3) is 0.150. The molecule has 0 aliphatic heterocycles. The van der Waals surface area contributed by atoms with Crippen molar-refractivity contribution in [1.29, 1.82) is 0 Å². The number of hydrogen-bond donors (Lipinski definition) is 1. The van der Waals surface area contributed by atoms with E-state index in [0.717, 1.165) is 5.56 Å². The lowest BCUT2D eigenvalue weighted by molar-refractivity contribution is 0.0960. The van der Waals surface area contributed by atoms with Gasteiger partial charge >= 0.3 is 0 Å². The predicted octanol–water partition coefficient (Wildman–Crippen LogP) is 4.09. The van der Waals surface area contributed by atoms with E-state index >= 15 is 0 Å². The van der Waals surface area contributed by atoms with Crippen LogP contribution in [0.2, 0.25) is 5.02 Å². The minimum Gasteiger partial charge on any atom is -0.359 e. The second-order valence-electron chi connectivity index (χ2n) is 5.88. The largest absolute Gasteiger partial charge is 0.359 e.